The SMILES string of the molecule is CCOP(=O)(OCC)[C@@]1(CCOS(=O)(=O)c2ccc(C)cc2)OC[C@H]2O[C@@H](n3cc(C)c(=O)[nH]c3=O)C[C@@H]2O1. The molecule has 2 saturated heterocycles. The predicted molar refractivity (Wildman–Crippen MR) is 138 cm³/mol. The number of hydrogen-bond donors (Lipinski definition) is 1. The van der Waals surface area contributed by atoms with Crippen LogP contribution in [0.25, 0.3) is 0 Å². The number of aromatic amines is 1. The van der Waals surface area contributed by atoms with E-state index in [1.165, 1.54) is 22.9 Å². The van der Waals surface area contributed by atoms with E-state index in [1.807, 2.05) is 6.92 Å². The molecule has 13 nitrogen and oxygen atoms in total. The zero-order valence-corrected chi connectivity index (χ0v) is 23.9. The molecule has 4 rings (SSSR count). The van der Waals surface area contributed by atoms with Gasteiger partial charge in [-0.05, 0) is 39.8 Å². The molecule has 1 N–H and O–H groups in total. The second-order valence-corrected chi connectivity index (χ2v) is 13.0. The van der Waals surface area contributed by atoms with Crippen LogP contribution in [0.2, 0.25) is 0 Å². The van der Waals surface area contributed by atoms with E-state index >= 15 is 0 Å². The van der Waals surface area contributed by atoms with Crippen LogP contribution >= 0.6 is 7.60 Å². The van der Waals surface area contributed by atoms with E-state index in [-0.39, 0.29) is 37.6 Å². The third-order valence-corrected chi connectivity index (χ3v) is 10.2. The zero-order chi connectivity index (χ0) is 28.4. The maximum atomic E-state index is 14.0. The number of aromatic nitrogens is 2. The summed E-state index contributed by atoms with van der Waals surface area (Å²) in [5.74, 6) is 0. The Bertz CT molecular complexity index is 1430. The van der Waals surface area contributed by atoms with Gasteiger partial charge in [-0.25, -0.2) is 4.79 Å². The van der Waals surface area contributed by atoms with Crippen LogP contribution in [0.3, 0.4) is 0 Å². The number of H-pyrrole nitrogens is 1. The molecule has 0 saturated carbocycles. The van der Waals surface area contributed by atoms with Crippen molar-refractivity contribution in [1.82, 2.24) is 9.55 Å². The summed E-state index contributed by atoms with van der Waals surface area (Å²) in [4.78, 5) is 26.4. The first-order valence-electron chi connectivity index (χ1n) is 12.6. The second kappa shape index (κ2) is 11.8. The second-order valence-electron chi connectivity index (χ2n) is 9.20. The van der Waals surface area contributed by atoms with Crippen molar-refractivity contribution in [2.24, 2.45) is 0 Å². The van der Waals surface area contributed by atoms with Gasteiger partial charge in [-0.1, -0.05) is 17.7 Å². The zero-order valence-electron chi connectivity index (χ0n) is 22.2. The van der Waals surface area contributed by atoms with Crippen molar-refractivity contribution in [2.45, 2.75) is 69.4 Å². The maximum Gasteiger partial charge on any atom is 0.389 e. The van der Waals surface area contributed by atoms with E-state index in [2.05, 4.69) is 4.98 Å². The molecule has 39 heavy (non-hydrogen) atoms. The average molecular weight is 589 g/mol. The van der Waals surface area contributed by atoms with Crippen LogP contribution in [0.4, 0.5) is 0 Å². The molecule has 4 atom stereocenters. The monoisotopic (exact) mass is 588 g/mol. The molecule has 2 aromatic rings. The molecule has 0 aliphatic carbocycles. The molecule has 1 aromatic heterocycles. The summed E-state index contributed by atoms with van der Waals surface area (Å²) in [6.07, 6.45) is -0.906. The topological polar surface area (TPSA) is 161 Å². The van der Waals surface area contributed by atoms with E-state index in [4.69, 9.17) is 27.4 Å². The molecule has 0 amide bonds. The molecule has 0 bridgehead atoms. The van der Waals surface area contributed by atoms with Gasteiger partial charge in [-0.3, -0.25) is 23.1 Å². The van der Waals surface area contributed by atoms with E-state index in [0.717, 1.165) is 5.56 Å². The number of aryl methyl sites for hydroxylation is 2. The molecular weight excluding hydrogens is 555 g/mol. The Morgan fingerprint density at radius 2 is 1.77 bits per heavy atom. The van der Waals surface area contributed by atoms with Crippen LogP contribution in [0.1, 0.15) is 44.0 Å². The van der Waals surface area contributed by atoms with Crippen LogP contribution < -0.4 is 11.2 Å². The Hall–Kier alpha value is -2.16. The number of nitrogens with zero attached hydrogens (tertiary/aromatic N) is 1. The van der Waals surface area contributed by atoms with Gasteiger partial charge in [0.05, 0.1) is 37.4 Å². The fraction of sp³-hybridized carbons (Fsp3) is 0.583. The molecule has 2 aliphatic heterocycles. The number of hydrogen-bond acceptors (Lipinski definition) is 11. The lowest BCUT2D eigenvalue weighted by Gasteiger charge is -2.44. The summed E-state index contributed by atoms with van der Waals surface area (Å²) in [5, 5.41) is 0. The first kappa shape index (κ1) is 29.8. The van der Waals surface area contributed by atoms with Gasteiger partial charge in [-0.15, -0.1) is 0 Å². The van der Waals surface area contributed by atoms with Crippen molar-refractivity contribution >= 4 is 17.7 Å². The summed E-state index contributed by atoms with van der Waals surface area (Å²) in [7, 11) is -8.27. The van der Waals surface area contributed by atoms with Gasteiger partial charge < -0.3 is 23.3 Å². The van der Waals surface area contributed by atoms with Gasteiger partial charge in [0.25, 0.3) is 21.2 Å². The van der Waals surface area contributed by atoms with Crippen LogP contribution in [-0.4, -0.2) is 62.1 Å². The summed E-state index contributed by atoms with van der Waals surface area (Å²) < 4.78 is 75.2. The van der Waals surface area contributed by atoms with Crippen molar-refractivity contribution in [3.05, 3.63) is 62.4 Å². The Morgan fingerprint density at radius 1 is 1.10 bits per heavy atom. The minimum absolute atomic E-state index is 0.00748. The normalized spacial score (nSPS) is 25.5. The molecule has 0 radical (unpaired) electrons. The Morgan fingerprint density at radius 3 is 2.41 bits per heavy atom. The minimum atomic E-state index is -4.14. The highest BCUT2D eigenvalue weighted by molar-refractivity contribution is 7.86. The number of benzene rings is 1. The first-order chi connectivity index (χ1) is 18.4. The molecule has 1 aromatic carbocycles. The molecule has 15 heteroatoms. The number of fused-ring (bicyclic) bond motifs is 1. The van der Waals surface area contributed by atoms with Crippen LogP contribution in [0, 0.1) is 13.8 Å². The number of nitrogens with one attached hydrogen (secondary N) is 1. The maximum absolute atomic E-state index is 14.0. The molecule has 3 heterocycles. The van der Waals surface area contributed by atoms with E-state index in [1.54, 1.807) is 32.9 Å². The number of rotatable bonds is 11. The fourth-order valence-electron chi connectivity index (χ4n) is 4.47. The molecule has 0 spiro atoms. The highest BCUT2D eigenvalue weighted by Crippen LogP contribution is 2.64. The lowest BCUT2D eigenvalue weighted by molar-refractivity contribution is -0.280. The largest absolute Gasteiger partial charge is 0.389 e. The molecular formula is C24H33N2O11PS. The first-order valence-corrected chi connectivity index (χ1v) is 15.5. The van der Waals surface area contributed by atoms with Gasteiger partial charge in [0.1, 0.15) is 12.3 Å². The smallest absolute Gasteiger partial charge is 0.349 e. The minimum Gasteiger partial charge on any atom is -0.349 e. The van der Waals surface area contributed by atoms with Crippen molar-refractivity contribution < 1.29 is 40.4 Å². The Kier molecular flexibility index (Phi) is 8.98. The van der Waals surface area contributed by atoms with Crippen LogP contribution in [-0.2, 0) is 42.1 Å². The van der Waals surface area contributed by atoms with E-state index in [0.29, 0.717) is 5.56 Å². The average Bonchev–Trinajstić information content (AvgIpc) is 3.29. The van der Waals surface area contributed by atoms with Crippen LogP contribution in [0.15, 0.2) is 44.9 Å². The standard InChI is InChI=1S/C24H33N2O11PS/c1-5-33-38(29,34-6-2)24(11-12-35-39(30,31)18-9-7-16(3)8-10-18)32-15-20-19(37-24)13-21(36-20)26-14-17(4)22(27)25-23(26)28/h7-10,14,19-21H,5-6,11-13,15H2,1-4H3,(H,25,27,28)/t19-,20+,21+,24-/m0/s1. The van der Waals surface area contributed by atoms with Gasteiger partial charge in [0.15, 0.2) is 0 Å². The van der Waals surface area contributed by atoms with E-state index in [9.17, 15) is 22.6 Å². The van der Waals surface area contributed by atoms with E-state index < -0.39 is 59.5 Å². The third-order valence-electron chi connectivity index (χ3n) is 6.43. The lowest BCUT2D eigenvalue weighted by atomic mass is 10.1. The predicted octanol–water partition coefficient (Wildman–Crippen LogP) is 2.57. The number of ether oxygens (including phenoxy) is 3. The summed E-state index contributed by atoms with van der Waals surface area (Å²) in [6, 6.07) is 6.16. The quantitative estimate of drug-likeness (QED) is 0.303. The molecule has 2 aliphatic rings. The summed E-state index contributed by atoms with van der Waals surface area (Å²) in [5.41, 5.74) is -1.93. The van der Waals surface area contributed by atoms with Crippen molar-refractivity contribution in [1.29, 1.82) is 0 Å². The van der Waals surface area contributed by atoms with Gasteiger partial charge in [-0.2, -0.15) is 8.42 Å². The summed E-state index contributed by atoms with van der Waals surface area (Å²) in [6.45, 7) is 6.12. The summed E-state index contributed by atoms with van der Waals surface area (Å²) >= 11 is 0. The molecule has 216 valence electrons. The lowest BCUT2D eigenvalue weighted by Crippen LogP contribution is -2.51. The van der Waals surface area contributed by atoms with Gasteiger partial charge in [0.2, 0.25) is 0 Å². The fourth-order valence-corrected chi connectivity index (χ4v) is 7.39. The Balaban J connectivity index is 1.58. The van der Waals surface area contributed by atoms with Crippen molar-refractivity contribution in [3.63, 3.8) is 0 Å². The van der Waals surface area contributed by atoms with Gasteiger partial charge in [0, 0.05) is 24.6 Å². The molecule has 2 fully saturated rings. The van der Waals surface area contributed by atoms with Crippen LogP contribution in [0.5, 0.6) is 0 Å². The molecule has 0 unspecified atom stereocenters. The third kappa shape index (κ3) is 6.13. The van der Waals surface area contributed by atoms with Gasteiger partial charge >= 0.3 is 13.3 Å². The highest BCUT2D eigenvalue weighted by atomic mass is 32.2. The Labute approximate surface area is 226 Å². The van der Waals surface area contributed by atoms with Crippen molar-refractivity contribution in [3.8, 4) is 0 Å². The van der Waals surface area contributed by atoms with Crippen molar-refractivity contribution in [2.75, 3.05) is 26.4 Å². The highest BCUT2D eigenvalue weighted by Gasteiger charge is 2.60.